The average Bonchev–Trinajstić information content (AvgIpc) is 2.24. The normalized spacial score (nSPS) is 13.1. The summed E-state index contributed by atoms with van der Waals surface area (Å²) in [6.07, 6.45) is 0.124. The van der Waals surface area contributed by atoms with Gasteiger partial charge in [0.25, 0.3) is 0 Å². The van der Waals surface area contributed by atoms with Crippen LogP contribution in [0.15, 0.2) is 0 Å². The van der Waals surface area contributed by atoms with Gasteiger partial charge in [-0.1, -0.05) is 6.92 Å². The third-order valence-corrected chi connectivity index (χ3v) is 4.05. The Bertz CT molecular complexity index is 359. The lowest BCUT2D eigenvalue weighted by Crippen LogP contribution is -2.26. The highest BCUT2D eigenvalue weighted by Gasteiger charge is 2.27. The Morgan fingerprint density at radius 2 is 1.88 bits per heavy atom. The van der Waals surface area contributed by atoms with E-state index in [-0.39, 0.29) is 31.0 Å². The van der Waals surface area contributed by atoms with E-state index in [0.29, 0.717) is 0 Å². The molecule has 0 aromatic heterocycles. The van der Waals surface area contributed by atoms with Crippen LogP contribution in [0, 0.1) is 5.92 Å². The van der Waals surface area contributed by atoms with Gasteiger partial charge < -0.3 is 9.84 Å². The Morgan fingerprint density at radius 3 is 2.29 bits per heavy atom. The van der Waals surface area contributed by atoms with Crippen molar-refractivity contribution in [1.29, 1.82) is 0 Å². The monoisotopic (exact) mass is 266 g/mol. The van der Waals surface area contributed by atoms with Gasteiger partial charge in [0, 0.05) is 5.75 Å². The van der Waals surface area contributed by atoms with E-state index in [0.717, 1.165) is 0 Å². The third-order valence-electron chi connectivity index (χ3n) is 2.26. The first-order valence-corrected chi connectivity index (χ1v) is 7.26. The topological polar surface area (TPSA) is 97.7 Å². The molecule has 0 radical (unpaired) electrons. The molecular weight excluding hydrogens is 248 g/mol. The van der Waals surface area contributed by atoms with E-state index in [9.17, 15) is 18.0 Å². The van der Waals surface area contributed by atoms with Gasteiger partial charge in [-0.05, 0) is 19.8 Å². The lowest BCUT2D eigenvalue weighted by atomic mass is 10.0. The molecule has 0 aliphatic rings. The lowest BCUT2D eigenvalue weighted by molar-refractivity contribution is -0.158. The molecule has 0 aliphatic heterocycles. The zero-order chi connectivity index (χ0) is 13.5. The minimum atomic E-state index is -3.12. The van der Waals surface area contributed by atoms with Crippen molar-refractivity contribution in [2.75, 3.05) is 18.1 Å². The molecule has 0 saturated heterocycles. The summed E-state index contributed by atoms with van der Waals surface area (Å²) in [6.45, 7) is 3.21. The largest absolute Gasteiger partial charge is 0.481 e. The van der Waals surface area contributed by atoms with Crippen LogP contribution in [0.1, 0.15) is 26.7 Å². The number of carbonyl (C=O) groups is 2. The number of hydrogen-bond donors (Lipinski definition) is 1. The van der Waals surface area contributed by atoms with E-state index in [1.165, 1.54) is 6.92 Å². The molecule has 17 heavy (non-hydrogen) atoms. The second-order valence-corrected chi connectivity index (χ2v) is 5.99. The molecule has 0 fully saturated rings. The predicted octanol–water partition coefficient (Wildman–Crippen LogP) is 0.465. The molecule has 0 amide bonds. The van der Waals surface area contributed by atoms with Gasteiger partial charge in [-0.25, -0.2) is 8.42 Å². The Morgan fingerprint density at radius 1 is 1.29 bits per heavy atom. The van der Waals surface area contributed by atoms with Gasteiger partial charge in [0.2, 0.25) is 0 Å². The molecule has 0 aromatic carbocycles. The Balaban J connectivity index is 4.30. The summed E-state index contributed by atoms with van der Waals surface area (Å²) in [7, 11) is -3.12. The number of hydrogen-bond acceptors (Lipinski definition) is 5. The first-order valence-electron chi connectivity index (χ1n) is 5.44. The highest BCUT2D eigenvalue weighted by atomic mass is 32.2. The molecule has 0 rings (SSSR count). The van der Waals surface area contributed by atoms with Crippen LogP contribution in [0.4, 0.5) is 0 Å². The van der Waals surface area contributed by atoms with Gasteiger partial charge >= 0.3 is 11.9 Å². The van der Waals surface area contributed by atoms with Crippen LogP contribution in [0.2, 0.25) is 0 Å². The number of carbonyl (C=O) groups excluding carboxylic acids is 1. The van der Waals surface area contributed by atoms with Crippen LogP contribution in [0.3, 0.4) is 0 Å². The predicted molar refractivity (Wildman–Crippen MR) is 61.3 cm³/mol. The van der Waals surface area contributed by atoms with Crippen molar-refractivity contribution in [1.82, 2.24) is 0 Å². The van der Waals surface area contributed by atoms with Gasteiger partial charge in [-0.2, -0.15) is 0 Å². The third kappa shape index (κ3) is 6.25. The summed E-state index contributed by atoms with van der Waals surface area (Å²) in [6, 6.07) is 0. The van der Waals surface area contributed by atoms with E-state index in [1.54, 1.807) is 6.92 Å². The summed E-state index contributed by atoms with van der Waals surface area (Å²) in [4.78, 5) is 22.0. The number of aliphatic carboxylic acids is 1. The van der Waals surface area contributed by atoms with Gasteiger partial charge in [-0.15, -0.1) is 0 Å². The smallest absolute Gasteiger partial charge is 0.320 e. The van der Waals surface area contributed by atoms with E-state index in [4.69, 9.17) is 5.11 Å². The Kier molecular flexibility index (Phi) is 6.79. The summed E-state index contributed by atoms with van der Waals surface area (Å²) >= 11 is 0. The number of carboxylic acids is 1. The molecule has 1 atom stereocenters. The van der Waals surface area contributed by atoms with E-state index >= 15 is 0 Å². The molecule has 1 N–H and O–H groups in total. The first kappa shape index (κ1) is 15.9. The summed E-state index contributed by atoms with van der Waals surface area (Å²) < 4.78 is 27.0. The van der Waals surface area contributed by atoms with Crippen molar-refractivity contribution in [3.05, 3.63) is 0 Å². The molecule has 1 unspecified atom stereocenters. The minimum Gasteiger partial charge on any atom is -0.481 e. The summed E-state index contributed by atoms with van der Waals surface area (Å²) in [5, 5.41) is 8.81. The molecule has 0 bridgehead atoms. The number of esters is 1. The van der Waals surface area contributed by atoms with Gasteiger partial charge in [0.05, 0.1) is 12.4 Å². The lowest BCUT2D eigenvalue weighted by Gasteiger charge is -2.10. The van der Waals surface area contributed by atoms with Crippen LogP contribution < -0.4 is 0 Å². The highest BCUT2D eigenvalue weighted by molar-refractivity contribution is 7.91. The molecule has 0 heterocycles. The second-order valence-electron chi connectivity index (χ2n) is 3.52. The van der Waals surface area contributed by atoms with E-state index in [1.807, 2.05) is 0 Å². The zero-order valence-corrected chi connectivity index (χ0v) is 10.8. The molecule has 0 aromatic rings. The number of carboxylic acid groups (broad SMARTS) is 1. The van der Waals surface area contributed by atoms with Gasteiger partial charge in [0.15, 0.2) is 5.92 Å². The number of ether oxygens (including phenoxy) is 1. The average molecular weight is 266 g/mol. The van der Waals surface area contributed by atoms with Crippen molar-refractivity contribution in [3.8, 4) is 0 Å². The fraction of sp³-hybridized carbons (Fsp3) is 0.800. The summed E-state index contributed by atoms with van der Waals surface area (Å²) in [5.74, 6) is -3.45. The van der Waals surface area contributed by atoms with Crippen LogP contribution in [-0.4, -0.2) is 43.6 Å². The first-order chi connectivity index (χ1) is 7.84. The fourth-order valence-corrected chi connectivity index (χ4v) is 2.13. The minimum absolute atomic E-state index is 0.0180. The fourth-order valence-electron chi connectivity index (χ4n) is 1.24. The molecule has 0 spiro atoms. The van der Waals surface area contributed by atoms with Crippen molar-refractivity contribution >= 4 is 21.8 Å². The molecule has 6 nitrogen and oxygen atoms in total. The van der Waals surface area contributed by atoms with E-state index in [2.05, 4.69) is 4.74 Å². The Labute approximate surface area is 101 Å². The molecule has 100 valence electrons. The highest BCUT2D eigenvalue weighted by Crippen LogP contribution is 2.11. The maximum absolute atomic E-state index is 11.3. The van der Waals surface area contributed by atoms with Crippen molar-refractivity contribution in [3.63, 3.8) is 0 Å². The van der Waals surface area contributed by atoms with Crippen LogP contribution in [0.5, 0.6) is 0 Å². The quantitative estimate of drug-likeness (QED) is 0.506. The summed E-state index contributed by atoms with van der Waals surface area (Å²) in [5.41, 5.74) is 0. The van der Waals surface area contributed by atoms with Crippen LogP contribution >= 0.6 is 0 Å². The van der Waals surface area contributed by atoms with Gasteiger partial charge in [-0.3, -0.25) is 9.59 Å². The van der Waals surface area contributed by atoms with Crippen LogP contribution in [-0.2, 0) is 24.2 Å². The van der Waals surface area contributed by atoms with Crippen molar-refractivity contribution in [2.24, 2.45) is 5.92 Å². The molecule has 0 saturated carbocycles. The zero-order valence-electron chi connectivity index (χ0n) is 10.0. The SMILES string of the molecule is CCOC(=O)C(CCCS(=O)(=O)CC)C(=O)O. The number of rotatable bonds is 8. The number of sulfone groups is 1. The second kappa shape index (κ2) is 7.26. The van der Waals surface area contributed by atoms with Gasteiger partial charge in [0.1, 0.15) is 9.84 Å². The standard InChI is InChI=1S/C10H18O6S/c1-3-16-10(13)8(9(11)12)6-5-7-17(14,15)4-2/h8H,3-7H2,1-2H3,(H,11,12). The molecule has 7 heteroatoms. The van der Waals surface area contributed by atoms with Crippen molar-refractivity contribution in [2.45, 2.75) is 26.7 Å². The molecule has 0 aliphatic carbocycles. The van der Waals surface area contributed by atoms with Crippen molar-refractivity contribution < 1.29 is 27.9 Å². The maximum atomic E-state index is 11.3. The van der Waals surface area contributed by atoms with E-state index < -0.39 is 27.7 Å². The van der Waals surface area contributed by atoms with Crippen LogP contribution in [0.25, 0.3) is 0 Å². The Hall–Kier alpha value is -1.11. The maximum Gasteiger partial charge on any atom is 0.320 e. The molecular formula is C10H18O6S.